The van der Waals surface area contributed by atoms with Crippen LogP contribution in [0.4, 0.5) is 0 Å². The number of imidazole rings is 1. The summed E-state index contributed by atoms with van der Waals surface area (Å²) in [5.74, 6) is 0.335. The van der Waals surface area contributed by atoms with Gasteiger partial charge in [0, 0.05) is 37.9 Å². The Morgan fingerprint density at radius 1 is 1.45 bits per heavy atom. The van der Waals surface area contributed by atoms with E-state index in [4.69, 9.17) is 9.26 Å². The van der Waals surface area contributed by atoms with Crippen LogP contribution in [0.2, 0.25) is 0 Å². The number of hydrogen-bond donors (Lipinski definition) is 1. The van der Waals surface area contributed by atoms with Gasteiger partial charge in [-0.15, -0.1) is 0 Å². The summed E-state index contributed by atoms with van der Waals surface area (Å²) in [5, 5.41) is 6.66. The Kier molecular flexibility index (Phi) is 3.84. The quantitative estimate of drug-likeness (QED) is 0.871. The van der Waals surface area contributed by atoms with E-state index in [1.807, 2.05) is 24.9 Å². The molecule has 8 nitrogen and oxygen atoms in total. The van der Waals surface area contributed by atoms with E-state index >= 15 is 0 Å². The summed E-state index contributed by atoms with van der Waals surface area (Å²) in [4.78, 5) is 18.6. The van der Waals surface area contributed by atoms with Crippen LogP contribution in [-0.4, -0.2) is 58.8 Å². The molecule has 1 amide bonds. The third-order valence-corrected chi connectivity index (χ3v) is 3.97. The molecule has 1 N–H and O–H groups in total. The molecule has 0 aromatic carbocycles. The van der Waals surface area contributed by atoms with Crippen LogP contribution in [0, 0.1) is 0 Å². The standard InChI is InChI=1S/C14H19N5O3/c1-18-6-9(11-5-15-8-19(11)2)10(7-18)16-14(20)12-4-13(21-3)17-22-12/h4-5,8-10H,6-7H2,1-3H3,(H,16,20)/t9-,10-/m1/s1. The minimum Gasteiger partial charge on any atom is -0.479 e. The number of nitrogens with one attached hydrogen (secondary N) is 1. The minimum atomic E-state index is -0.289. The molecular weight excluding hydrogens is 286 g/mol. The zero-order valence-electron chi connectivity index (χ0n) is 12.8. The number of amides is 1. The Hall–Kier alpha value is -2.35. The summed E-state index contributed by atoms with van der Waals surface area (Å²) < 4.78 is 11.9. The highest BCUT2D eigenvalue weighted by Gasteiger charge is 2.35. The normalized spacial score (nSPS) is 22.0. The molecule has 0 saturated carbocycles. The summed E-state index contributed by atoms with van der Waals surface area (Å²) in [5.41, 5.74) is 1.10. The number of aryl methyl sites for hydroxylation is 1. The van der Waals surface area contributed by atoms with Gasteiger partial charge >= 0.3 is 0 Å². The van der Waals surface area contributed by atoms with Gasteiger partial charge in [-0.05, 0) is 12.2 Å². The lowest BCUT2D eigenvalue weighted by Gasteiger charge is -2.19. The summed E-state index contributed by atoms with van der Waals surface area (Å²) in [7, 11) is 5.47. The number of ether oxygens (including phenoxy) is 1. The van der Waals surface area contributed by atoms with E-state index in [1.165, 1.54) is 13.2 Å². The second kappa shape index (κ2) is 5.80. The molecule has 0 unspecified atom stereocenters. The predicted octanol–water partition coefficient (Wildman–Crippen LogP) is 0.244. The van der Waals surface area contributed by atoms with Gasteiger partial charge in [-0.25, -0.2) is 4.98 Å². The third-order valence-electron chi connectivity index (χ3n) is 3.97. The van der Waals surface area contributed by atoms with Gasteiger partial charge in [-0.3, -0.25) is 4.79 Å². The van der Waals surface area contributed by atoms with E-state index in [0.717, 1.165) is 18.8 Å². The molecule has 0 spiro atoms. The van der Waals surface area contributed by atoms with Crippen molar-refractivity contribution in [3.63, 3.8) is 0 Å². The molecule has 3 heterocycles. The molecule has 0 aliphatic carbocycles. The van der Waals surface area contributed by atoms with Crippen LogP contribution in [-0.2, 0) is 7.05 Å². The molecule has 0 bridgehead atoms. The van der Waals surface area contributed by atoms with Gasteiger partial charge in [-0.2, -0.15) is 0 Å². The Labute approximate surface area is 128 Å². The molecular formula is C14H19N5O3. The Morgan fingerprint density at radius 3 is 2.91 bits per heavy atom. The molecule has 1 aliphatic rings. The van der Waals surface area contributed by atoms with Crippen molar-refractivity contribution in [3.8, 4) is 5.88 Å². The monoisotopic (exact) mass is 305 g/mol. The molecule has 2 atom stereocenters. The highest BCUT2D eigenvalue weighted by molar-refractivity contribution is 5.91. The molecule has 118 valence electrons. The summed E-state index contributed by atoms with van der Waals surface area (Å²) in [6.45, 7) is 1.64. The summed E-state index contributed by atoms with van der Waals surface area (Å²) in [6.07, 6.45) is 3.62. The molecule has 1 aliphatic heterocycles. The van der Waals surface area contributed by atoms with Crippen LogP contribution < -0.4 is 10.1 Å². The van der Waals surface area contributed by atoms with Gasteiger partial charge < -0.3 is 24.0 Å². The number of rotatable bonds is 4. The van der Waals surface area contributed by atoms with E-state index in [-0.39, 0.29) is 29.5 Å². The summed E-state index contributed by atoms with van der Waals surface area (Å²) in [6, 6.07) is 1.47. The zero-order valence-corrected chi connectivity index (χ0v) is 12.8. The topological polar surface area (TPSA) is 85.4 Å². The molecule has 1 fully saturated rings. The van der Waals surface area contributed by atoms with Crippen molar-refractivity contribution in [1.82, 2.24) is 24.9 Å². The van der Waals surface area contributed by atoms with Crippen LogP contribution in [0.25, 0.3) is 0 Å². The van der Waals surface area contributed by atoms with E-state index in [2.05, 4.69) is 20.4 Å². The van der Waals surface area contributed by atoms with Gasteiger partial charge in [0.25, 0.3) is 11.8 Å². The SMILES string of the molecule is COc1cc(C(=O)N[C@@H]2CN(C)C[C@H]2c2cncn2C)on1. The predicted molar refractivity (Wildman–Crippen MR) is 77.8 cm³/mol. The first-order valence-corrected chi connectivity index (χ1v) is 7.05. The maximum Gasteiger partial charge on any atom is 0.290 e. The number of carbonyl (C=O) groups excluding carboxylic acids is 1. The van der Waals surface area contributed by atoms with E-state index < -0.39 is 0 Å². The van der Waals surface area contributed by atoms with Crippen molar-refractivity contribution in [2.75, 3.05) is 27.2 Å². The second-order valence-electron chi connectivity index (χ2n) is 5.57. The number of carbonyl (C=O) groups is 1. The molecule has 2 aromatic rings. The number of aromatic nitrogens is 3. The van der Waals surface area contributed by atoms with Crippen molar-refractivity contribution >= 4 is 5.91 Å². The largest absolute Gasteiger partial charge is 0.479 e. The smallest absolute Gasteiger partial charge is 0.290 e. The lowest BCUT2D eigenvalue weighted by atomic mass is 10.00. The van der Waals surface area contributed by atoms with Crippen molar-refractivity contribution in [2.45, 2.75) is 12.0 Å². The average Bonchev–Trinajstić information content (AvgIpc) is 3.18. The molecule has 3 rings (SSSR count). The number of likely N-dealkylation sites (tertiary alicyclic amines) is 1. The fraction of sp³-hybridized carbons (Fsp3) is 0.500. The lowest BCUT2D eigenvalue weighted by Crippen LogP contribution is -2.39. The molecule has 8 heteroatoms. The average molecular weight is 305 g/mol. The number of nitrogens with zero attached hydrogens (tertiary/aromatic N) is 4. The van der Waals surface area contributed by atoms with Crippen LogP contribution in [0.5, 0.6) is 5.88 Å². The third kappa shape index (κ3) is 2.69. The van der Waals surface area contributed by atoms with E-state index in [1.54, 1.807) is 6.33 Å². The maximum absolute atomic E-state index is 12.3. The summed E-state index contributed by atoms with van der Waals surface area (Å²) >= 11 is 0. The number of methoxy groups -OCH3 is 1. The first-order valence-electron chi connectivity index (χ1n) is 7.05. The fourth-order valence-electron chi connectivity index (χ4n) is 2.87. The lowest BCUT2D eigenvalue weighted by molar-refractivity contribution is 0.0897. The molecule has 2 aromatic heterocycles. The first-order chi connectivity index (χ1) is 10.6. The molecule has 22 heavy (non-hydrogen) atoms. The van der Waals surface area contributed by atoms with E-state index in [0.29, 0.717) is 0 Å². The molecule has 0 radical (unpaired) electrons. The van der Waals surface area contributed by atoms with Crippen LogP contribution in [0.1, 0.15) is 22.2 Å². The molecule has 1 saturated heterocycles. The van der Waals surface area contributed by atoms with Crippen molar-refractivity contribution in [3.05, 3.63) is 30.0 Å². The van der Waals surface area contributed by atoms with Crippen LogP contribution in [0.3, 0.4) is 0 Å². The van der Waals surface area contributed by atoms with Gasteiger partial charge in [0.05, 0.1) is 25.5 Å². The maximum atomic E-state index is 12.3. The minimum absolute atomic E-state index is 0.0102. The van der Waals surface area contributed by atoms with Gasteiger partial charge in [0.1, 0.15) is 0 Å². The van der Waals surface area contributed by atoms with Gasteiger partial charge in [0.15, 0.2) is 0 Å². The van der Waals surface area contributed by atoms with Crippen molar-refractivity contribution in [2.24, 2.45) is 7.05 Å². The fourth-order valence-corrected chi connectivity index (χ4v) is 2.87. The van der Waals surface area contributed by atoms with Crippen molar-refractivity contribution < 1.29 is 14.1 Å². The van der Waals surface area contributed by atoms with E-state index in [9.17, 15) is 4.79 Å². The highest BCUT2D eigenvalue weighted by Crippen LogP contribution is 2.26. The van der Waals surface area contributed by atoms with Gasteiger partial charge in [-0.1, -0.05) is 0 Å². The second-order valence-corrected chi connectivity index (χ2v) is 5.57. The Morgan fingerprint density at radius 2 is 2.27 bits per heavy atom. The first kappa shape index (κ1) is 14.6. The van der Waals surface area contributed by atoms with Crippen molar-refractivity contribution in [1.29, 1.82) is 0 Å². The zero-order chi connectivity index (χ0) is 15.7. The van der Waals surface area contributed by atoms with Gasteiger partial charge in [0.2, 0.25) is 5.76 Å². The van der Waals surface area contributed by atoms with Crippen LogP contribution >= 0.6 is 0 Å². The Balaban J connectivity index is 1.75. The number of hydrogen-bond acceptors (Lipinski definition) is 6. The van der Waals surface area contributed by atoms with Crippen LogP contribution in [0.15, 0.2) is 23.1 Å². The Bertz CT molecular complexity index is 665. The number of likely N-dealkylation sites (N-methyl/N-ethyl adjacent to an activating group) is 1. The highest BCUT2D eigenvalue weighted by atomic mass is 16.5.